The van der Waals surface area contributed by atoms with Crippen LogP contribution in [0.15, 0.2) is 0 Å². The van der Waals surface area contributed by atoms with Gasteiger partial charge in [-0.3, -0.25) is 0 Å². The molecule has 2 rings (SSSR count). The van der Waals surface area contributed by atoms with Crippen LogP contribution in [0.3, 0.4) is 0 Å². The molecule has 1 atom stereocenters. The van der Waals surface area contributed by atoms with Gasteiger partial charge in [-0.1, -0.05) is 0 Å². The lowest BCUT2D eigenvalue weighted by molar-refractivity contribution is -0.0444. The van der Waals surface area contributed by atoms with Crippen molar-refractivity contribution in [2.24, 2.45) is 11.8 Å². The molecule has 76 valence electrons. The fourth-order valence-electron chi connectivity index (χ4n) is 2.30. The number of alkyl halides is 2. The second-order valence-electron chi connectivity index (χ2n) is 3.95. The zero-order valence-electron chi connectivity index (χ0n) is 7.56. The lowest BCUT2D eigenvalue weighted by Gasteiger charge is -2.30. The summed E-state index contributed by atoms with van der Waals surface area (Å²) in [4.78, 5) is 0. The zero-order chi connectivity index (χ0) is 9.31. The molecular formula is C9H15F2NS. The Morgan fingerprint density at radius 2 is 1.92 bits per heavy atom. The molecule has 0 aliphatic carbocycles. The monoisotopic (exact) mass is 207 g/mol. The van der Waals surface area contributed by atoms with Gasteiger partial charge in [0.15, 0.2) is 0 Å². The minimum absolute atomic E-state index is 0.110. The van der Waals surface area contributed by atoms with Gasteiger partial charge in [-0.25, -0.2) is 8.78 Å². The SMILES string of the molecule is FC1(F)CNCC1C1CCSCC1. The summed E-state index contributed by atoms with van der Waals surface area (Å²) in [6, 6.07) is 0. The van der Waals surface area contributed by atoms with E-state index >= 15 is 0 Å². The molecule has 0 radical (unpaired) electrons. The fraction of sp³-hybridized carbons (Fsp3) is 1.00. The molecule has 2 fully saturated rings. The summed E-state index contributed by atoms with van der Waals surface area (Å²) in [6.45, 7) is 0.406. The van der Waals surface area contributed by atoms with E-state index in [1.54, 1.807) is 0 Å². The number of nitrogens with one attached hydrogen (secondary N) is 1. The number of halogens is 2. The molecule has 0 aromatic carbocycles. The lowest BCUT2D eigenvalue weighted by atomic mass is 9.85. The topological polar surface area (TPSA) is 12.0 Å². The van der Waals surface area contributed by atoms with Crippen molar-refractivity contribution in [1.82, 2.24) is 5.32 Å². The van der Waals surface area contributed by atoms with Gasteiger partial charge in [0.05, 0.1) is 6.54 Å². The van der Waals surface area contributed by atoms with Gasteiger partial charge >= 0.3 is 0 Å². The standard InChI is InChI=1S/C9H15F2NS/c10-9(11)6-12-5-8(9)7-1-3-13-4-2-7/h7-8,12H,1-6H2. The molecule has 2 aliphatic rings. The molecule has 13 heavy (non-hydrogen) atoms. The minimum atomic E-state index is -2.45. The third kappa shape index (κ3) is 1.99. The largest absolute Gasteiger partial charge is 0.311 e. The molecule has 0 aromatic heterocycles. The van der Waals surface area contributed by atoms with Crippen molar-refractivity contribution < 1.29 is 8.78 Å². The van der Waals surface area contributed by atoms with Gasteiger partial charge in [-0.05, 0) is 30.3 Å². The average Bonchev–Trinajstić information content (AvgIpc) is 2.47. The maximum atomic E-state index is 13.3. The van der Waals surface area contributed by atoms with Crippen molar-refractivity contribution in [2.45, 2.75) is 18.8 Å². The summed E-state index contributed by atoms with van der Waals surface area (Å²) in [5.41, 5.74) is 0. The van der Waals surface area contributed by atoms with E-state index in [4.69, 9.17) is 0 Å². The summed E-state index contributed by atoms with van der Waals surface area (Å²) >= 11 is 1.89. The molecular weight excluding hydrogens is 192 g/mol. The summed E-state index contributed by atoms with van der Waals surface area (Å²) in [5, 5.41) is 2.80. The first-order valence-electron chi connectivity index (χ1n) is 4.86. The number of hydrogen-bond donors (Lipinski definition) is 1. The third-order valence-corrected chi connectivity index (χ3v) is 4.15. The van der Waals surface area contributed by atoms with E-state index in [0.717, 1.165) is 24.3 Å². The Labute approximate surface area is 81.7 Å². The van der Waals surface area contributed by atoms with E-state index in [-0.39, 0.29) is 12.5 Å². The van der Waals surface area contributed by atoms with Crippen LogP contribution in [0.25, 0.3) is 0 Å². The summed E-state index contributed by atoms with van der Waals surface area (Å²) in [7, 11) is 0. The highest BCUT2D eigenvalue weighted by molar-refractivity contribution is 7.99. The Balaban J connectivity index is 1.98. The quantitative estimate of drug-likeness (QED) is 0.705. The van der Waals surface area contributed by atoms with Crippen LogP contribution in [0.5, 0.6) is 0 Å². The summed E-state index contributed by atoms with van der Waals surface area (Å²) in [5.74, 6) is -0.458. The van der Waals surface area contributed by atoms with Crippen molar-refractivity contribution in [1.29, 1.82) is 0 Å². The molecule has 2 heterocycles. The fourth-order valence-corrected chi connectivity index (χ4v) is 3.45. The van der Waals surface area contributed by atoms with Gasteiger partial charge in [-0.15, -0.1) is 0 Å². The van der Waals surface area contributed by atoms with Crippen molar-refractivity contribution in [3.63, 3.8) is 0 Å². The molecule has 0 spiro atoms. The van der Waals surface area contributed by atoms with Gasteiger partial charge in [0.2, 0.25) is 0 Å². The molecule has 1 N–H and O–H groups in total. The van der Waals surface area contributed by atoms with E-state index in [0.29, 0.717) is 6.54 Å². The van der Waals surface area contributed by atoms with Crippen molar-refractivity contribution in [2.75, 3.05) is 24.6 Å². The minimum Gasteiger partial charge on any atom is -0.311 e. The Morgan fingerprint density at radius 3 is 2.46 bits per heavy atom. The first kappa shape index (κ1) is 9.71. The molecule has 0 amide bonds. The molecule has 2 saturated heterocycles. The predicted octanol–water partition coefficient (Wildman–Crippen LogP) is 1.98. The molecule has 4 heteroatoms. The molecule has 0 aromatic rings. The number of hydrogen-bond acceptors (Lipinski definition) is 2. The highest BCUT2D eigenvalue weighted by Gasteiger charge is 2.47. The maximum absolute atomic E-state index is 13.3. The highest BCUT2D eigenvalue weighted by Crippen LogP contribution is 2.39. The Hall–Kier alpha value is 0.170. The number of rotatable bonds is 1. The highest BCUT2D eigenvalue weighted by atomic mass is 32.2. The van der Waals surface area contributed by atoms with Gasteiger partial charge < -0.3 is 5.32 Å². The van der Waals surface area contributed by atoms with Gasteiger partial charge in [0.25, 0.3) is 5.92 Å². The van der Waals surface area contributed by atoms with Crippen LogP contribution in [-0.2, 0) is 0 Å². The van der Waals surface area contributed by atoms with Crippen LogP contribution < -0.4 is 5.32 Å². The van der Waals surface area contributed by atoms with E-state index in [1.165, 1.54) is 0 Å². The molecule has 1 nitrogen and oxygen atoms in total. The average molecular weight is 207 g/mol. The number of thioether (sulfide) groups is 1. The maximum Gasteiger partial charge on any atom is 0.264 e. The van der Waals surface area contributed by atoms with E-state index < -0.39 is 11.8 Å². The Bertz CT molecular complexity index is 180. The van der Waals surface area contributed by atoms with Crippen LogP contribution >= 0.6 is 11.8 Å². The second-order valence-corrected chi connectivity index (χ2v) is 5.17. The van der Waals surface area contributed by atoms with Gasteiger partial charge in [0, 0.05) is 12.5 Å². The molecule has 1 unspecified atom stereocenters. The summed E-state index contributed by atoms with van der Waals surface area (Å²) in [6.07, 6.45) is 1.96. The van der Waals surface area contributed by atoms with Crippen LogP contribution in [0.4, 0.5) is 8.78 Å². The van der Waals surface area contributed by atoms with Crippen LogP contribution in [0.1, 0.15) is 12.8 Å². The Kier molecular flexibility index (Phi) is 2.79. The normalized spacial score (nSPS) is 35.1. The van der Waals surface area contributed by atoms with E-state index in [9.17, 15) is 8.78 Å². The smallest absolute Gasteiger partial charge is 0.264 e. The molecule has 0 bridgehead atoms. The zero-order valence-corrected chi connectivity index (χ0v) is 8.38. The Morgan fingerprint density at radius 1 is 1.23 bits per heavy atom. The third-order valence-electron chi connectivity index (χ3n) is 3.10. The first-order chi connectivity index (χ1) is 6.20. The lowest BCUT2D eigenvalue weighted by Crippen LogP contribution is -2.34. The van der Waals surface area contributed by atoms with E-state index in [2.05, 4.69) is 5.32 Å². The van der Waals surface area contributed by atoms with E-state index in [1.807, 2.05) is 11.8 Å². The predicted molar refractivity (Wildman–Crippen MR) is 51.4 cm³/mol. The molecule has 0 saturated carbocycles. The van der Waals surface area contributed by atoms with Crippen LogP contribution in [0.2, 0.25) is 0 Å². The van der Waals surface area contributed by atoms with Crippen LogP contribution in [-0.4, -0.2) is 30.5 Å². The second kappa shape index (κ2) is 3.73. The van der Waals surface area contributed by atoms with Crippen LogP contribution in [0, 0.1) is 11.8 Å². The van der Waals surface area contributed by atoms with Crippen molar-refractivity contribution >= 4 is 11.8 Å². The van der Waals surface area contributed by atoms with Gasteiger partial charge in [0.1, 0.15) is 0 Å². The van der Waals surface area contributed by atoms with Crippen molar-refractivity contribution in [3.8, 4) is 0 Å². The summed E-state index contributed by atoms with van der Waals surface area (Å²) < 4.78 is 26.6. The van der Waals surface area contributed by atoms with Crippen molar-refractivity contribution in [3.05, 3.63) is 0 Å². The first-order valence-corrected chi connectivity index (χ1v) is 6.02. The van der Waals surface area contributed by atoms with Gasteiger partial charge in [-0.2, -0.15) is 11.8 Å². The molecule has 2 aliphatic heterocycles.